The highest BCUT2D eigenvalue weighted by Gasteiger charge is 2.28. The molecular formula is C11H13N3O3. The Kier molecular flexibility index (Phi) is 2.95. The molecule has 0 aliphatic carbocycles. The molecule has 1 aromatic rings. The van der Waals surface area contributed by atoms with Gasteiger partial charge in [0.05, 0.1) is 0 Å². The van der Waals surface area contributed by atoms with Crippen LogP contribution in [0.1, 0.15) is 10.4 Å². The number of likely N-dealkylation sites (N-methyl/N-ethyl adjacent to an activating group) is 1. The SMILES string of the molecule is CN(C)C(=O)C1COc2ncccc2C(=O)N1. The molecule has 1 atom stereocenters. The number of ether oxygens (including phenoxy) is 1. The molecule has 0 saturated heterocycles. The molecule has 0 saturated carbocycles. The highest BCUT2D eigenvalue weighted by Crippen LogP contribution is 2.17. The summed E-state index contributed by atoms with van der Waals surface area (Å²) < 4.78 is 5.36. The van der Waals surface area contributed by atoms with Crippen molar-refractivity contribution in [1.82, 2.24) is 15.2 Å². The van der Waals surface area contributed by atoms with Crippen molar-refractivity contribution >= 4 is 11.8 Å². The third-order valence-electron chi connectivity index (χ3n) is 2.45. The third-order valence-corrected chi connectivity index (χ3v) is 2.45. The van der Waals surface area contributed by atoms with Crippen LogP contribution in [0.3, 0.4) is 0 Å². The maximum atomic E-state index is 11.8. The predicted molar refractivity (Wildman–Crippen MR) is 59.7 cm³/mol. The number of nitrogens with one attached hydrogen (secondary N) is 1. The molecule has 6 heteroatoms. The Morgan fingerprint density at radius 1 is 1.59 bits per heavy atom. The zero-order chi connectivity index (χ0) is 12.4. The first kappa shape index (κ1) is 11.4. The Labute approximate surface area is 98.6 Å². The van der Waals surface area contributed by atoms with Gasteiger partial charge in [0.15, 0.2) is 0 Å². The zero-order valence-corrected chi connectivity index (χ0v) is 9.64. The molecule has 1 aliphatic heterocycles. The van der Waals surface area contributed by atoms with E-state index in [1.54, 1.807) is 32.4 Å². The maximum absolute atomic E-state index is 11.8. The summed E-state index contributed by atoms with van der Waals surface area (Å²) in [5.41, 5.74) is 0.349. The summed E-state index contributed by atoms with van der Waals surface area (Å²) >= 11 is 0. The fraction of sp³-hybridized carbons (Fsp3) is 0.364. The van der Waals surface area contributed by atoms with Gasteiger partial charge in [-0.3, -0.25) is 9.59 Å². The van der Waals surface area contributed by atoms with E-state index in [0.29, 0.717) is 5.56 Å². The second kappa shape index (κ2) is 4.40. The van der Waals surface area contributed by atoms with E-state index in [1.165, 1.54) is 4.90 Å². The fourth-order valence-electron chi connectivity index (χ4n) is 1.56. The number of amides is 2. The van der Waals surface area contributed by atoms with E-state index in [2.05, 4.69) is 10.3 Å². The number of aromatic nitrogens is 1. The summed E-state index contributed by atoms with van der Waals surface area (Å²) in [5, 5.41) is 2.62. The summed E-state index contributed by atoms with van der Waals surface area (Å²) in [6.07, 6.45) is 1.54. The van der Waals surface area contributed by atoms with Crippen LogP contribution in [-0.4, -0.2) is 48.4 Å². The van der Waals surface area contributed by atoms with Crippen molar-refractivity contribution in [1.29, 1.82) is 0 Å². The number of hydrogen-bond donors (Lipinski definition) is 1. The lowest BCUT2D eigenvalue weighted by Crippen LogP contribution is -2.48. The van der Waals surface area contributed by atoms with Crippen LogP contribution in [0.25, 0.3) is 0 Å². The van der Waals surface area contributed by atoms with Crippen molar-refractivity contribution in [2.45, 2.75) is 6.04 Å². The van der Waals surface area contributed by atoms with E-state index in [0.717, 1.165) is 0 Å². The summed E-state index contributed by atoms with van der Waals surface area (Å²) in [7, 11) is 3.26. The number of fused-ring (bicyclic) bond motifs is 1. The zero-order valence-electron chi connectivity index (χ0n) is 9.64. The Morgan fingerprint density at radius 3 is 3.06 bits per heavy atom. The molecule has 1 aliphatic rings. The van der Waals surface area contributed by atoms with Gasteiger partial charge in [-0.25, -0.2) is 4.98 Å². The van der Waals surface area contributed by atoms with E-state index in [9.17, 15) is 9.59 Å². The Hall–Kier alpha value is -2.11. The van der Waals surface area contributed by atoms with Crippen LogP contribution < -0.4 is 10.1 Å². The molecular weight excluding hydrogens is 222 g/mol. The largest absolute Gasteiger partial charge is 0.474 e. The number of carbonyl (C=O) groups excluding carboxylic acids is 2. The molecule has 0 aromatic carbocycles. The van der Waals surface area contributed by atoms with Gasteiger partial charge in [0.25, 0.3) is 5.91 Å². The van der Waals surface area contributed by atoms with Crippen molar-refractivity contribution in [2.75, 3.05) is 20.7 Å². The molecule has 17 heavy (non-hydrogen) atoms. The van der Waals surface area contributed by atoms with Crippen LogP contribution in [0, 0.1) is 0 Å². The lowest BCUT2D eigenvalue weighted by atomic mass is 10.2. The minimum atomic E-state index is -0.674. The van der Waals surface area contributed by atoms with Gasteiger partial charge in [0.2, 0.25) is 11.8 Å². The van der Waals surface area contributed by atoms with Gasteiger partial charge in [-0.1, -0.05) is 0 Å². The van der Waals surface area contributed by atoms with Gasteiger partial charge in [-0.2, -0.15) is 0 Å². The van der Waals surface area contributed by atoms with Crippen LogP contribution in [-0.2, 0) is 4.79 Å². The molecule has 0 spiro atoms. The molecule has 1 unspecified atom stereocenters. The minimum Gasteiger partial charge on any atom is -0.474 e. The molecule has 0 bridgehead atoms. The average molecular weight is 235 g/mol. The van der Waals surface area contributed by atoms with Gasteiger partial charge in [-0.15, -0.1) is 0 Å². The second-order valence-electron chi connectivity index (χ2n) is 3.93. The molecule has 2 amide bonds. The van der Waals surface area contributed by atoms with Crippen LogP contribution in [0.5, 0.6) is 5.88 Å². The summed E-state index contributed by atoms with van der Waals surface area (Å²) in [5.74, 6) is -0.281. The summed E-state index contributed by atoms with van der Waals surface area (Å²) in [6.45, 7) is 0.0900. The lowest BCUT2D eigenvalue weighted by Gasteiger charge is -2.18. The van der Waals surface area contributed by atoms with Gasteiger partial charge in [-0.05, 0) is 12.1 Å². The summed E-state index contributed by atoms with van der Waals surface area (Å²) in [6, 6.07) is 2.59. The molecule has 2 rings (SSSR count). The number of rotatable bonds is 1. The first-order valence-corrected chi connectivity index (χ1v) is 5.19. The molecule has 90 valence electrons. The quantitative estimate of drug-likeness (QED) is 0.723. The minimum absolute atomic E-state index is 0.0900. The second-order valence-corrected chi connectivity index (χ2v) is 3.93. The maximum Gasteiger partial charge on any atom is 0.257 e. The van der Waals surface area contributed by atoms with E-state index in [1.807, 2.05) is 0 Å². The molecule has 0 fully saturated rings. The first-order valence-electron chi connectivity index (χ1n) is 5.19. The van der Waals surface area contributed by atoms with Crippen molar-refractivity contribution in [3.63, 3.8) is 0 Å². The van der Waals surface area contributed by atoms with E-state index in [4.69, 9.17) is 4.74 Å². The lowest BCUT2D eigenvalue weighted by molar-refractivity contribution is -0.131. The standard InChI is InChI=1S/C11H13N3O3/c1-14(2)11(16)8-6-17-10-7(9(15)13-8)4-3-5-12-10/h3-5,8H,6H2,1-2H3,(H,13,15). The number of pyridine rings is 1. The topological polar surface area (TPSA) is 71.5 Å². The highest BCUT2D eigenvalue weighted by atomic mass is 16.5. The van der Waals surface area contributed by atoms with Gasteiger partial charge in [0.1, 0.15) is 18.2 Å². The molecule has 1 aromatic heterocycles. The Bertz CT molecular complexity index is 459. The first-order chi connectivity index (χ1) is 8.09. The normalized spacial score (nSPS) is 18.5. The van der Waals surface area contributed by atoms with Crippen molar-refractivity contribution in [3.05, 3.63) is 23.9 Å². The van der Waals surface area contributed by atoms with Crippen molar-refractivity contribution in [2.24, 2.45) is 0 Å². The Morgan fingerprint density at radius 2 is 2.35 bits per heavy atom. The molecule has 2 heterocycles. The molecule has 6 nitrogen and oxygen atoms in total. The van der Waals surface area contributed by atoms with Crippen molar-refractivity contribution in [3.8, 4) is 5.88 Å². The summed E-state index contributed by atoms with van der Waals surface area (Å²) in [4.78, 5) is 29.0. The highest BCUT2D eigenvalue weighted by molar-refractivity contribution is 5.99. The monoisotopic (exact) mass is 235 g/mol. The van der Waals surface area contributed by atoms with Crippen LogP contribution >= 0.6 is 0 Å². The molecule has 0 radical (unpaired) electrons. The number of nitrogens with zero attached hydrogens (tertiary/aromatic N) is 2. The van der Waals surface area contributed by atoms with E-state index in [-0.39, 0.29) is 24.3 Å². The number of carbonyl (C=O) groups is 2. The third kappa shape index (κ3) is 2.20. The predicted octanol–water partition coefficient (Wildman–Crippen LogP) is -0.339. The van der Waals surface area contributed by atoms with Gasteiger partial charge in [0, 0.05) is 20.3 Å². The van der Waals surface area contributed by atoms with E-state index >= 15 is 0 Å². The van der Waals surface area contributed by atoms with Crippen LogP contribution in [0.15, 0.2) is 18.3 Å². The van der Waals surface area contributed by atoms with Gasteiger partial charge < -0.3 is 15.0 Å². The number of hydrogen-bond acceptors (Lipinski definition) is 4. The van der Waals surface area contributed by atoms with E-state index < -0.39 is 6.04 Å². The van der Waals surface area contributed by atoms with Crippen LogP contribution in [0.2, 0.25) is 0 Å². The fourth-order valence-corrected chi connectivity index (χ4v) is 1.56. The smallest absolute Gasteiger partial charge is 0.257 e. The molecule has 1 N–H and O–H groups in total. The average Bonchev–Trinajstić information content (AvgIpc) is 2.48. The van der Waals surface area contributed by atoms with Crippen molar-refractivity contribution < 1.29 is 14.3 Å². The Balaban J connectivity index is 2.24. The van der Waals surface area contributed by atoms with Gasteiger partial charge >= 0.3 is 0 Å². The van der Waals surface area contributed by atoms with Crippen LogP contribution in [0.4, 0.5) is 0 Å².